The summed E-state index contributed by atoms with van der Waals surface area (Å²) in [5.74, 6) is 1.01. The summed E-state index contributed by atoms with van der Waals surface area (Å²) >= 11 is 1.24. The maximum Gasteiger partial charge on any atom is 0.293 e. The van der Waals surface area contributed by atoms with Crippen molar-refractivity contribution in [2.45, 2.75) is 12.5 Å². The number of methoxy groups -OCH3 is 1. The number of rotatable bonds is 8. The molecule has 3 heterocycles. The molecule has 1 unspecified atom stereocenters. The Morgan fingerprint density at radius 1 is 1.25 bits per heavy atom. The Morgan fingerprint density at radius 3 is 2.72 bits per heavy atom. The van der Waals surface area contributed by atoms with Crippen molar-refractivity contribution in [2.24, 2.45) is 7.05 Å². The average Bonchev–Trinajstić information content (AvgIpc) is 3.55. The number of nitrogens with one attached hydrogen (secondary N) is 2. The lowest BCUT2D eigenvalue weighted by Crippen LogP contribution is -2.32. The zero-order valence-corrected chi connectivity index (χ0v) is 18.3. The van der Waals surface area contributed by atoms with Crippen molar-refractivity contribution < 1.29 is 18.7 Å². The Labute approximate surface area is 188 Å². The number of benzene rings is 1. The second-order valence-corrected chi connectivity index (χ2v) is 7.78. The van der Waals surface area contributed by atoms with Gasteiger partial charge in [0.05, 0.1) is 25.5 Å². The van der Waals surface area contributed by atoms with Crippen molar-refractivity contribution in [1.82, 2.24) is 19.9 Å². The molecule has 32 heavy (non-hydrogen) atoms. The van der Waals surface area contributed by atoms with E-state index >= 15 is 0 Å². The first-order valence-corrected chi connectivity index (χ1v) is 10.6. The number of ether oxygens (including phenoxy) is 1. The molecule has 3 aromatic heterocycles. The van der Waals surface area contributed by atoms with Crippen LogP contribution in [0.15, 0.2) is 64.9 Å². The second kappa shape index (κ2) is 9.48. The van der Waals surface area contributed by atoms with Gasteiger partial charge in [0.15, 0.2) is 10.9 Å². The smallest absolute Gasteiger partial charge is 0.293 e. The van der Waals surface area contributed by atoms with Crippen LogP contribution in [0.2, 0.25) is 0 Å². The number of imidazole rings is 1. The highest BCUT2D eigenvalue weighted by Gasteiger charge is 2.22. The minimum Gasteiger partial charge on any atom is -0.497 e. The Morgan fingerprint density at radius 2 is 2.06 bits per heavy atom. The molecular weight excluding hydrogens is 430 g/mol. The molecule has 0 aliphatic heterocycles. The van der Waals surface area contributed by atoms with Crippen molar-refractivity contribution in [3.05, 3.63) is 83.3 Å². The van der Waals surface area contributed by atoms with Gasteiger partial charge < -0.3 is 19.0 Å². The molecule has 0 aliphatic carbocycles. The van der Waals surface area contributed by atoms with Gasteiger partial charge in [0.25, 0.3) is 5.91 Å². The fourth-order valence-corrected chi connectivity index (χ4v) is 3.84. The fourth-order valence-electron chi connectivity index (χ4n) is 3.14. The summed E-state index contributed by atoms with van der Waals surface area (Å²) in [5, 5.41) is 7.83. The molecule has 0 aliphatic rings. The van der Waals surface area contributed by atoms with Crippen LogP contribution in [0.3, 0.4) is 0 Å². The van der Waals surface area contributed by atoms with Crippen LogP contribution >= 0.6 is 11.3 Å². The van der Waals surface area contributed by atoms with E-state index in [2.05, 4.69) is 20.6 Å². The normalized spacial score (nSPS) is 11.7. The number of anilines is 1. The highest BCUT2D eigenvalue weighted by molar-refractivity contribution is 7.14. The molecule has 0 saturated carbocycles. The molecule has 4 rings (SSSR count). The molecule has 2 amide bonds. The van der Waals surface area contributed by atoms with Gasteiger partial charge in [-0.3, -0.25) is 14.9 Å². The highest BCUT2D eigenvalue weighted by atomic mass is 32.1. The molecule has 0 radical (unpaired) electrons. The van der Waals surface area contributed by atoms with E-state index in [-0.39, 0.29) is 18.1 Å². The van der Waals surface area contributed by atoms with Crippen LogP contribution in [0.25, 0.3) is 0 Å². The number of furan rings is 1. The van der Waals surface area contributed by atoms with Gasteiger partial charge in [-0.05, 0) is 29.8 Å². The summed E-state index contributed by atoms with van der Waals surface area (Å²) in [6.07, 6.45) is 5.00. The number of hydrogen-bond donors (Lipinski definition) is 2. The lowest BCUT2D eigenvalue weighted by Gasteiger charge is -2.19. The van der Waals surface area contributed by atoms with Gasteiger partial charge in [-0.15, -0.1) is 11.3 Å². The zero-order chi connectivity index (χ0) is 22.5. The molecule has 2 N–H and O–H groups in total. The first-order chi connectivity index (χ1) is 15.5. The third-order valence-corrected chi connectivity index (χ3v) is 5.54. The zero-order valence-electron chi connectivity index (χ0n) is 17.4. The van der Waals surface area contributed by atoms with Crippen LogP contribution in [0, 0.1) is 0 Å². The number of carbonyl (C=O) groups is 2. The standard InChI is InChI=1S/C22H21N5O4S/c1-27-10-9-23-20(27)19(14-5-7-16(30-2)8-6-14)25-18(28)12-15-13-32-22(24-15)26-21(29)17-4-3-11-31-17/h3-11,13,19H,12H2,1-2H3,(H,25,28)(H,24,26,29). The molecule has 4 aromatic rings. The Bertz CT molecular complexity index is 1200. The largest absolute Gasteiger partial charge is 0.497 e. The van der Waals surface area contributed by atoms with E-state index in [0.29, 0.717) is 16.6 Å². The second-order valence-electron chi connectivity index (χ2n) is 6.92. The Balaban J connectivity index is 1.45. The van der Waals surface area contributed by atoms with E-state index < -0.39 is 11.9 Å². The summed E-state index contributed by atoms with van der Waals surface area (Å²) in [7, 11) is 3.48. The summed E-state index contributed by atoms with van der Waals surface area (Å²) in [6.45, 7) is 0. The van der Waals surface area contributed by atoms with Crippen molar-refractivity contribution >= 4 is 28.3 Å². The van der Waals surface area contributed by atoms with E-state index in [1.54, 1.807) is 30.8 Å². The van der Waals surface area contributed by atoms with Gasteiger partial charge in [-0.2, -0.15) is 0 Å². The van der Waals surface area contributed by atoms with E-state index in [4.69, 9.17) is 9.15 Å². The molecular formula is C22H21N5O4S. The average molecular weight is 452 g/mol. The van der Waals surface area contributed by atoms with Crippen LogP contribution < -0.4 is 15.4 Å². The SMILES string of the molecule is COc1ccc(C(NC(=O)Cc2csc(NC(=O)c3ccco3)n2)c2nccn2C)cc1. The summed E-state index contributed by atoms with van der Waals surface area (Å²) < 4.78 is 12.2. The third kappa shape index (κ3) is 4.86. The number of aryl methyl sites for hydroxylation is 1. The summed E-state index contributed by atoms with van der Waals surface area (Å²) in [6, 6.07) is 10.2. The van der Waals surface area contributed by atoms with E-state index in [1.807, 2.05) is 42.1 Å². The summed E-state index contributed by atoms with van der Waals surface area (Å²) in [4.78, 5) is 33.6. The van der Waals surface area contributed by atoms with Gasteiger partial charge in [0.2, 0.25) is 5.91 Å². The van der Waals surface area contributed by atoms with Crippen LogP contribution in [0.1, 0.15) is 33.7 Å². The van der Waals surface area contributed by atoms with E-state index in [1.165, 1.54) is 17.6 Å². The summed E-state index contributed by atoms with van der Waals surface area (Å²) in [5.41, 5.74) is 1.42. The third-order valence-electron chi connectivity index (χ3n) is 4.73. The minimum absolute atomic E-state index is 0.0597. The number of thiazole rings is 1. The Hall–Kier alpha value is -3.92. The quantitative estimate of drug-likeness (QED) is 0.426. The van der Waals surface area contributed by atoms with Crippen LogP contribution in [0.4, 0.5) is 5.13 Å². The van der Waals surface area contributed by atoms with Gasteiger partial charge >= 0.3 is 0 Å². The molecule has 0 bridgehead atoms. The first-order valence-electron chi connectivity index (χ1n) is 9.73. The van der Waals surface area contributed by atoms with Gasteiger partial charge in [-0.1, -0.05) is 12.1 Å². The molecule has 1 aromatic carbocycles. The maximum absolute atomic E-state index is 12.8. The monoisotopic (exact) mass is 451 g/mol. The van der Waals surface area contributed by atoms with Crippen molar-refractivity contribution in [3.63, 3.8) is 0 Å². The van der Waals surface area contributed by atoms with Gasteiger partial charge in [0, 0.05) is 24.8 Å². The molecule has 1 atom stereocenters. The predicted octanol–water partition coefficient (Wildman–Crippen LogP) is 3.18. The van der Waals surface area contributed by atoms with Gasteiger partial charge in [-0.25, -0.2) is 9.97 Å². The fraction of sp³-hybridized carbons (Fsp3) is 0.182. The maximum atomic E-state index is 12.8. The molecule has 10 heteroatoms. The topological polar surface area (TPSA) is 111 Å². The van der Waals surface area contributed by atoms with Crippen LogP contribution in [-0.4, -0.2) is 33.5 Å². The number of amides is 2. The van der Waals surface area contributed by atoms with E-state index in [9.17, 15) is 9.59 Å². The molecule has 164 valence electrons. The van der Waals surface area contributed by atoms with Gasteiger partial charge in [0.1, 0.15) is 17.6 Å². The molecule has 9 nitrogen and oxygen atoms in total. The lowest BCUT2D eigenvalue weighted by molar-refractivity contribution is -0.121. The van der Waals surface area contributed by atoms with Crippen molar-refractivity contribution in [1.29, 1.82) is 0 Å². The predicted molar refractivity (Wildman–Crippen MR) is 119 cm³/mol. The molecule has 0 fully saturated rings. The number of carbonyl (C=O) groups excluding carboxylic acids is 2. The van der Waals surface area contributed by atoms with Crippen molar-refractivity contribution in [3.8, 4) is 5.75 Å². The van der Waals surface area contributed by atoms with Crippen LogP contribution in [-0.2, 0) is 18.3 Å². The Kier molecular flexibility index (Phi) is 6.31. The molecule has 0 saturated heterocycles. The van der Waals surface area contributed by atoms with Crippen molar-refractivity contribution in [2.75, 3.05) is 12.4 Å². The van der Waals surface area contributed by atoms with E-state index in [0.717, 1.165) is 11.3 Å². The first kappa shape index (κ1) is 21.3. The number of nitrogens with zero attached hydrogens (tertiary/aromatic N) is 3. The van der Waals surface area contributed by atoms with Crippen LogP contribution in [0.5, 0.6) is 5.75 Å². The number of hydrogen-bond acceptors (Lipinski definition) is 7. The number of aromatic nitrogens is 3. The minimum atomic E-state index is -0.440. The highest BCUT2D eigenvalue weighted by Crippen LogP contribution is 2.23. The molecule has 0 spiro atoms. The lowest BCUT2D eigenvalue weighted by atomic mass is 10.1.